The first-order valence-electron chi connectivity index (χ1n) is 5.94. The van der Waals surface area contributed by atoms with Gasteiger partial charge >= 0.3 is 0 Å². The van der Waals surface area contributed by atoms with Crippen LogP contribution in [0.4, 0.5) is 5.69 Å². The number of pyridine rings is 1. The summed E-state index contributed by atoms with van der Waals surface area (Å²) in [7, 11) is 0. The second-order valence-corrected chi connectivity index (χ2v) is 5.85. The zero-order valence-electron chi connectivity index (χ0n) is 9.78. The molecule has 0 bridgehead atoms. The molecular weight excluding hydrogens is 346 g/mol. The summed E-state index contributed by atoms with van der Waals surface area (Å²) in [5, 5.41) is 1.06. The highest BCUT2D eigenvalue weighted by Gasteiger charge is 2.16. The molecule has 0 saturated carbocycles. The highest BCUT2D eigenvalue weighted by molar-refractivity contribution is 9.10. The molecule has 1 aliphatic rings. The Hall–Kier alpha value is -0.130. The minimum absolute atomic E-state index is 1.06. The molecule has 94 valence electrons. The topological polar surface area (TPSA) is 19.4 Å². The lowest BCUT2D eigenvalue weighted by Crippen LogP contribution is -2.31. The Morgan fingerprint density at radius 1 is 1.24 bits per heavy atom. The minimum Gasteiger partial charge on any atom is -0.369 e. The molecule has 0 amide bonds. The summed E-state index contributed by atoms with van der Waals surface area (Å²) in [5.74, 6) is 0. The van der Waals surface area contributed by atoms with Crippen LogP contribution in [0.1, 0.15) is 6.42 Å². The van der Waals surface area contributed by atoms with Gasteiger partial charge in [-0.25, -0.2) is 0 Å². The maximum atomic E-state index is 4.12. The molecule has 0 radical (unpaired) electrons. The monoisotopic (exact) mass is 361 g/mol. The van der Waals surface area contributed by atoms with Crippen LogP contribution in [0.3, 0.4) is 0 Å². The second-order valence-electron chi connectivity index (χ2n) is 4.20. The maximum Gasteiger partial charge on any atom is 0.0592 e. The number of halogens is 2. The number of alkyl halides is 1. The lowest BCUT2D eigenvalue weighted by atomic mass is 10.3. The van der Waals surface area contributed by atoms with Crippen molar-refractivity contribution in [3.05, 3.63) is 22.9 Å². The van der Waals surface area contributed by atoms with Crippen molar-refractivity contribution in [1.82, 2.24) is 9.88 Å². The Kier molecular flexibility index (Phi) is 5.25. The Morgan fingerprint density at radius 2 is 2.12 bits per heavy atom. The van der Waals surface area contributed by atoms with Crippen LogP contribution in [0.2, 0.25) is 0 Å². The molecule has 2 rings (SSSR count). The normalized spacial score (nSPS) is 18.1. The number of nitrogens with zero attached hydrogens (tertiary/aromatic N) is 3. The molecule has 1 aromatic rings. The van der Waals surface area contributed by atoms with Crippen LogP contribution < -0.4 is 4.90 Å². The molecule has 0 N–H and O–H groups in total. The van der Waals surface area contributed by atoms with E-state index in [1.807, 2.05) is 12.4 Å². The number of rotatable bonds is 3. The Morgan fingerprint density at radius 3 is 2.88 bits per heavy atom. The van der Waals surface area contributed by atoms with E-state index in [1.165, 1.54) is 18.7 Å². The fourth-order valence-electron chi connectivity index (χ4n) is 2.18. The first-order valence-corrected chi connectivity index (χ1v) is 7.85. The van der Waals surface area contributed by atoms with Gasteiger partial charge in [0.1, 0.15) is 0 Å². The second kappa shape index (κ2) is 6.71. The van der Waals surface area contributed by atoms with Gasteiger partial charge in [-0.05, 0) is 35.0 Å². The average molecular weight is 363 g/mol. The lowest BCUT2D eigenvalue weighted by Gasteiger charge is -2.24. The summed E-state index contributed by atoms with van der Waals surface area (Å²) >= 11 is 7.09. The van der Waals surface area contributed by atoms with Gasteiger partial charge < -0.3 is 9.80 Å². The van der Waals surface area contributed by atoms with Crippen molar-refractivity contribution in [2.75, 3.05) is 43.0 Å². The zero-order chi connectivity index (χ0) is 12.1. The van der Waals surface area contributed by atoms with Crippen molar-refractivity contribution in [3.63, 3.8) is 0 Å². The van der Waals surface area contributed by atoms with E-state index in [1.54, 1.807) is 0 Å². The van der Waals surface area contributed by atoms with Crippen LogP contribution >= 0.6 is 31.9 Å². The number of hydrogen-bond donors (Lipinski definition) is 0. The molecular formula is C12H17Br2N3. The van der Waals surface area contributed by atoms with E-state index < -0.39 is 0 Å². The van der Waals surface area contributed by atoms with Crippen molar-refractivity contribution >= 4 is 37.5 Å². The van der Waals surface area contributed by atoms with Crippen LogP contribution in [0.15, 0.2) is 22.9 Å². The molecule has 0 aromatic carbocycles. The largest absolute Gasteiger partial charge is 0.369 e. The lowest BCUT2D eigenvalue weighted by molar-refractivity contribution is 0.313. The molecule has 1 aliphatic heterocycles. The standard InChI is InChI=1S/C12H17Br2N3/c13-3-7-16-5-1-6-17(9-8-16)12-2-4-15-10-11(12)14/h2,4,10H,1,3,5-9H2. The van der Waals surface area contributed by atoms with E-state index in [0.29, 0.717) is 0 Å². The van der Waals surface area contributed by atoms with Crippen LogP contribution in [-0.4, -0.2) is 47.9 Å². The third-order valence-electron chi connectivity index (χ3n) is 3.08. The average Bonchev–Trinajstić information content (AvgIpc) is 2.56. The van der Waals surface area contributed by atoms with Crippen LogP contribution in [-0.2, 0) is 0 Å². The Balaban J connectivity index is 2.01. The highest BCUT2D eigenvalue weighted by Crippen LogP contribution is 2.25. The van der Waals surface area contributed by atoms with Crippen LogP contribution in [0.25, 0.3) is 0 Å². The highest BCUT2D eigenvalue weighted by atomic mass is 79.9. The quantitative estimate of drug-likeness (QED) is 0.770. The van der Waals surface area contributed by atoms with Gasteiger partial charge in [-0.2, -0.15) is 0 Å². The van der Waals surface area contributed by atoms with E-state index in [4.69, 9.17) is 0 Å². The van der Waals surface area contributed by atoms with E-state index in [2.05, 4.69) is 52.7 Å². The summed E-state index contributed by atoms with van der Waals surface area (Å²) in [6, 6.07) is 2.09. The van der Waals surface area contributed by atoms with Crippen molar-refractivity contribution < 1.29 is 0 Å². The molecule has 3 nitrogen and oxygen atoms in total. The van der Waals surface area contributed by atoms with E-state index >= 15 is 0 Å². The molecule has 1 aromatic heterocycles. The maximum absolute atomic E-state index is 4.12. The summed E-state index contributed by atoms with van der Waals surface area (Å²) in [6.07, 6.45) is 4.96. The van der Waals surface area contributed by atoms with E-state index in [9.17, 15) is 0 Å². The van der Waals surface area contributed by atoms with Crippen molar-refractivity contribution in [3.8, 4) is 0 Å². The van der Waals surface area contributed by atoms with Crippen molar-refractivity contribution in [1.29, 1.82) is 0 Å². The Bertz CT molecular complexity index is 359. The van der Waals surface area contributed by atoms with Gasteiger partial charge in [0.2, 0.25) is 0 Å². The summed E-state index contributed by atoms with van der Waals surface area (Å²) < 4.78 is 1.09. The van der Waals surface area contributed by atoms with Gasteiger partial charge in [-0.3, -0.25) is 4.98 Å². The van der Waals surface area contributed by atoms with Gasteiger partial charge in [-0.1, -0.05) is 15.9 Å². The van der Waals surface area contributed by atoms with Gasteiger partial charge in [-0.15, -0.1) is 0 Å². The van der Waals surface area contributed by atoms with E-state index in [-0.39, 0.29) is 0 Å². The first-order chi connectivity index (χ1) is 8.31. The smallest absolute Gasteiger partial charge is 0.0592 e. The van der Waals surface area contributed by atoms with Crippen molar-refractivity contribution in [2.24, 2.45) is 0 Å². The zero-order valence-corrected chi connectivity index (χ0v) is 13.0. The predicted molar refractivity (Wildman–Crippen MR) is 79.0 cm³/mol. The molecule has 0 unspecified atom stereocenters. The molecule has 0 spiro atoms. The van der Waals surface area contributed by atoms with Gasteiger partial charge in [0.25, 0.3) is 0 Å². The van der Waals surface area contributed by atoms with E-state index in [0.717, 1.165) is 36.0 Å². The third kappa shape index (κ3) is 3.66. The predicted octanol–water partition coefficient (Wildman–Crippen LogP) is 2.75. The molecule has 1 fully saturated rings. The first kappa shape index (κ1) is 13.3. The minimum atomic E-state index is 1.06. The van der Waals surface area contributed by atoms with Crippen molar-refractivity contribution in [2.45, 2.75) is 6.42 Å². The third-order valence-corrected chi connectivity index (χ3v) is 4.05. The molecule has 0 aliphatic carbocycles. The molecule has 2 heterocycles. The fourth-order valence-corrected chi connectivity index (χ4v) is 3.18. The SMILES string of the molecule is BrCCN1CCCN(c2ccncc2Br)CC1. The van der Waals surface area contributed by atoms with Gasteiger partial charge in [0, 0.05) is 43.9 Å². The Labute approximate surface area is 119 Å². The van der Waals surface area contributed by atoms with Crippen LogP contribution in [0, 0.1) is 0 Å². The molecule has 1 saturated heterocycles. The van der Waals surface area contributed by atoms with Gasteiger partial charge in [0.05, 0.1) is 10.2 Å². The molecule has 5 heteroatoms. The molecule has 0 atom stereocenters. The number of anilines is 1. The molecule has 17 heavy (non-hydrogen) atoms. The summed E-state index contributed by atoms with van der Waals surface area (Å²) in [4.78, 5) is 9.08. The summed E-state index contributed by atoms with van der Waals surface area (Å²) in [6.45, 7) is 5.70. The fraction of sp³-hybridized carbons (Fsp3) is 0.583. The van der Waals surface area contributed by atoms with Gasteiger partial charge in [0.15, 0.2) is 0 Å². The number of hydrogen-bond acceptors (Lipinski definition) is 3. The number of aromatic nitrogens is 1. The summed E-state index contributed by atoms with van der Waals surface area (Å²) in [5.41, 5.74) is 1.26. The van der Waals surface area contributed by atoms with Crippen LogP contribution in [0.5, 0.6) is 0 Å².